The van der Waals surface area contributed by atoms with Crippen LogP contribution in [0, 0.1) is 0 Å². The second kappa shape index (κ2) is 6.54. The molecule has 3 rings (SSSR count). The van der Waals surface area contributed by atoms with Crippen molar-refractivity contribution >= 4 is 38.9 Å². The Bertz CT molecular complexity index is 589. The standard InChI is InChI=1S/C14H15BrClN3S/c15-13-8-18-14(20-13)9-19-5-4-17-7-12(19)10-2-1-3-11(16)6-10/h1-3,6,8,12,17H,4-5,7,9H2. The summed E-state index contributed by atoms with van der Waals surface area (Å²) in [5.41, 5.74) is 1.26. The Morgan fingerprint density at radius 1 is 1.50 bits per heavy atom. The predicted molar refractivity (Wildman–Crippen MR) is 87.3 cm³/mol. The first-order valence-corrected chi connectivity index (χ1v) is 8.51. The van der Waals surface area contributed by atoms with E-state index >= 15 is 0 Å². The highest BCUT2D eigenvalue weighted by Crippen LogP contribution is 2.28. The molecule has 1 aromatic heterocycles. The Balaban J connectivity index is 1.80. The maximum atomic E-state index is 6.12. The van der Waals surface area contributed by atoms with E-state index in [0.717, 1.165) is 40.0 Å². The highest BCUT2D eigenvalue weighted by molar-refractivity contribution is 9.11. The molecule has 1 unspecified atom stereocenters. The number of thiazole rings is 1. The van der Waals surface area contributed by atoms with Crippen LogP contribution in [0.25, 0.3) is 0 Å². The van der Waals surface area contributed by atoms with Gasteiger partial charge < -0.3 is 5.32 Å². The molecule has 1 atom stereocenters. The van der Waals surface area contributed by atoms with Crippen molar-refractivity contribution in [3.63, 3.8) is 0 Å². The second-order valence-electron chi connectivity index (χ2n) is 4.80. The van der Waals surface area contributed by atoms with Crippen molar-refractivity contribution < 1.29 is 0 Å². The van der Waals surface area contributed by atoms with E-state index in [1.807, 2.05) is 18.3 Å². The number of benzene rings is 1. The first-order valence-electron chi connectivity index (χ1n) is 6.53. The molecule has 0 aliphatic carbocycles. The van der Waals surface area contributed by atoms with E-state index in [4.69, 9.17) is 11.6 Å². The Labute approximate surface area is 136 Å². The van der Waals surface area contributed by atoms with Gasteiger partial charge in [-0.05, 0) is 33.6 Å². The van der Waals surface area contributed by atoms with E-state index in [1.54, 1.807) is 11.3 Å². The summed E-state index contributed by atoms with van der Waals surface area (Å²) in [5, 5.41) is 5.40. The number of rotatable bonds is 3. The van der Waals surface area contributed by atoms with E-state index in [9.17, 15) is 0 Å². The zero-order valence-corrected chi connectivity index (χ0v) is 14.0. The molecular formula is C14H15BrClN3S. The lowest BCUT2D eigenvalue weighted by atomic mass is 10.0. The van der Waals surface area contributed by atoms with Crippen molar-refractivity contribution in [1.29, 1.82) is 0 Å². The number of nitrogens with one attached hydrogen (secondary N) is 1. The van der Waals surface area contributed by atoms with Crippen LogP contribution in [-0.2, 0) is 6.54 Å². The maximum Gasteiger partial charge on any atom is 0.108 e. The number of hydrogen-bond donors (Lipinski definition) is 1. The van der Waals surface area contributed by atoms with Gasteiger partial charge >= 0.3 is 0 Å². The van der Waals surface area contributed by atoms with Crippen LogP contribution >= 0.6 is 38.9 Å². The van der Waals surface area contributed by atoms with Crippen LogP contribution in [0.15, 0.2) is 34.2 Å². The SMILES string of the molecule is Clc1cccc(C2CNCCN2Cc2ncc(Br)s2)c1. The molecule has 2 heterocycles. The number of hydrogen-bond acceptors (Lipinski definition) is 4. The fraction of sp³-hybridized carbons (Fsp3) is 0.357. The highest BCUT2D eigenvalue weighted by atomic mass is 79.9. The maximum absolute atomic E-state index is 6.12. The molecule has 1 aliphatic rings. The molecule has 1 N–H and O–H groups in total. The normalized spacial score (nSPS) is 20.2. The first-order chi connectivity index (χ1) is 9.72. The van der Waals surface area contributed by atoms with Crippen LogP contribution in [0.5, 0.6) is 0 Å². The summed E-state index contributed by atoms with van der Waals surface area (Å²) in [4.78, 5) is 6.90. The van der Waals surface area contributed by atoms with Gasteiger partial charge in [-0.15, -0.1) is 11.3 Å². The van der Waals surface area contributed by atoms with Crippen molar-refractivity contribution in [1.82, 2.24) is 15.2 Å². The molecule has 0 spiro atoms. The van der Waals surface area contributed by atoms with Crippen molar-refractivity contribution in [2.24, 2.45) is 0 Å². The lowest BCUT2D eigenvalue weighted by Crippen LogP contribution is -2.45. The summed E-state index contributed by atoms with van der Waals surface area (Å²) < 4.78 is 1.09. The number of piperazine rings is 1. The monoisotopic (exact) mass is 371 g/mol. The largest absolute Gasteiger partial charge is 0.314 e. The van der Waals surface area contributed by atoms with Gasteiger partial charge in [0.25, 0.3) is 0 Å². The average Bonchev–Trinajstić information content (AvgIpc) is 2.85. The van der Waals surface area contributed by atoms with Crippen molar-refractivity contribution in [3.05, 3.63) is 49.8 Å². The minimum absolute atomic E-state index is 0.352. The van der Waals surface area contributed by atoms with Crippen LogP contribution in [-0.4, -0.2) is 29.5 Å². The molecule has 0 radical (unpaired) electrons. The summed E-state index contributed by atoms with van der Waals surface area (Å²) in [6, 6.07) is 8.50. The van der Waals surface area contributed by atoms with Gasteiger partial charge in [-0.3, -0.25) is 4.90 Å². The third-order valence-electron chi connectivity index (χ3n) is 3.45. The molecule has 2 aromatic rings. The van der Waals surface area contributed by atoms with Crippen LogP contribution in [0.3, 0.4) is 0 Å². The Morgan fingerprint density at radius 2 is 2.40 bits per heavy atom. The summed E-state index contributed by atoms with van der Waals surface area (Å²) in [6.07, 6.45) is 1.87. The number of halogens is 2. The smallest absolute Gasteiger partial charge is 0.108 e. The van der Waals surface area contributed by atoms with E-state index in [1.165, 1.54) is 5.56 Å². The first kappa shape index (κ1) is 14.5. The molecule has 1 fully saturated rings. The minimum Gasteiger partial charge on any atom is -0.314 e. The number of nitrogens with zero attached hydrogens (tertiary/aromatic N) is 2. The van der Waals surface area contributed by atoms with Gasteiger partial charge in [0, 0.05) is 30.7 Å². The fourth-order valence-corrected chi connectivity index (χ4v) is 4.04. The molecular weight excluding hydrogens is 358 g/mol. The molecule has 106 valence electrons. The molecule has 0 saturated carbocycles. The highest BCUT2D eigenvalue weighted by Gasteiger charge is 2.24. The van der Waals surface area contributed by atoms with Gasteiger partial charge in [-0.2, -0.15) is 0 Å². The zero-order chi connectivity index (χ0) is 13.9. The Hall–Kier alpha value is -0.460. The second-order valence-corrected chi connectivity index (χ2v) is 7.73. The molecule has 0 amide bonds. The topological polar surface area (TPSA) is 28.2 Å². The van der Waals surface area contributed by atoms with Gasteiger partial charge in [0.15, 0.2) is 0 Å². The molecule has 1 aromatic carbocycles. The number of aromatic nitrogens is 1. The van der Waals surface area contributed by atoms with Crippen molar-refractivity contribution in [2.45, 2.75) is 12.6 Å². The lowest BCUT2D eigenvalue weighted by Gasteiger charge is -2.36. The van der Waals surface area contributed by atoms with Gasteiger partial charge in [0.1, 0.15) is 5.01 Å². The third-order valence-corrected chi connectivity index (χ3v) is 5.15. The third kappa shape index (κ3) is 3.40. The quantitative estimate of drug-likeness (QED) is 0.890. The average molecular weight is 373 g/mol. The van der Waals surface area contributed by atoms with Gasteiger partial charge in [0.2, 0.25) is 0 Å². The Morgan fingerprint density at radius 3 is 3.15 bits per heavy atom. The van der Waals surface area contributed by atoms with E-state index in [-0.39, 0.29) is 0 Å². The van der Waals surface area contributed by atoms with Crippen molar-refractivity contribution in [2.75, 3.05) is 19.6 Å². The molecule has 3 nitrogen and oxygen atoms in total. The van der Waals surface area contributed by atoms with E-state index in [2.05, 4.69) is 43.3 Å². The fourth-order valence-electron chi connectivity index (χ4n) is 2.51. The van der Waals surface area contributed by atoms with Crippen LogP contribution in [0.4, 0.5) is 0 Å². The summed E-state index contributed by atoms with van der Waals surface area (Å²) in [5.74, 6) is 0. The summed E-state index contributed by atoms with van der Waals surface area (Å²) in [6.45, 7) is 3.88. The van der Waals surface area contributed by atoms with Gasteiger partial charge in [0.05, 0.1) is 16.5 Å². The van der Waals surface area contributed by atoms with Gasteiger partial charge in [-0.25, -0.2) is 4.98 Å². The Kier molecular flexibility index (Phi) is 4.73. The molecule has 20 heavy (non-hydrogen) atoms. The molecule has 1 saturated heterocycles. The summed E-state index contributed by atoms with van der Waals surface area (Å²) in [7, 11) is 0. The van der Waals surface area contributed by atoms with E-state index < -0.39 is 0 Å². The molecule has 0 bridgehead atoms. The van der Waals surface area contributed by atoms with Crippen LogP contribution in [0.1, 0.15) is 16.6 Å². The lowest BCUT2D eigenvalue weighted by molar-refractivity contribution is 0.153. The van der Waals surface area contributed by atoms with Gasteiger partial charge in [-0.1, -0.05) is 23.7 Å². The van der Waals surface area contributed by atoms with E-state index in [0.29, 0.717) is 6.04 Å². The van der Waals surface area contributed by atoms with Crippen LogP contribution < -0.4 is 5.32 Å². The molecule has 1 aliphatic heterocycles. The minimum atomic E-state index is 0.352. The van der Waals surface area contributed by atoms with Crippen molar-refractivity contribution in [3.8, 4) is 0 Å². The molecule has 6 heteroatoms. The zero-order valence-electron chi connectivity index (χ0n) is 10.9. The predicted octanol–water partition coefficient (Wildman–Crippen LogP) is 3.71. The summed E-state index contributed by atoms with van der Waals surface area (Å²) >= 11 is 11.3. The van der Waals surface area contributed by atoms with Crippen LogP contribution in [0.2, 0.25) is 5.02 Å².